The standard InChI is InChI=1S/C18H26N4O/c19-13-16-12-15(18(20)23)9-8-14(16)6-2-1-4-10-21-17-7-3-5-11-22-17/h8-9,12-13,19H,1-7,10-11H2,(H2,20,23)(H,21,22). The van der Waals surface area contributed by atoms with Gasteiger partial charge in [-0.1, -0.05) is 12.5 Å². The van der Waals surface area contributed by atoms with Crippen molar-refractivity contribution in [2.24, 2.45) is 10.7 Å². The van der Waals surface area contributed by atoms with Crippen LogP contribution in [-0.2, 0) is 6.42 Å². The summed E-state index contributed by atoms with van der Waals surface area (Å²) < 4.78 is 0. The number of hydrogen-bond donors (Lipinski definition) is 3. The van der Waals surface area contributed by atoms with Gasteiger partial charge in [-0.25, -0.2) is 0 Å². The molecule has 1 aromatic rings. The Hall–Kier alpha value is -2.17. The van der Waals surface area contributed by atoms with Crippen molar-refractivity contribution in [1.82, 2.24) is 5.32 Å². The molecule has 0 unspecified atom stereocenters. The van der Waals surface area contributed by atoms with Crippen molar-refractivity contribution in [2.75, 3.05) is 13.1 Å². The smallest absolute Gasteiger partial charge is 0.248 e. The second-order valence-corrected chi connectivity index (χ2v) is 5.95. The number of aliphatic imine (C=N–C) groups is 1. The lowest BCUT2D eigenvalue weighted by molar-refractivity contribution is 0.100. The molecular weight excluding hydrogens is 288 g/mol. The number of unbranched alkanes of at least 4 members (excludes halogenated alkanes) is 2. The number of hydrogen-bond acceptors (Lipinski definition) is 4. The van der Waals surface area contributed by atoms with E-state index in [2.05, 4.69) is 10.3 Å². The number of nitrogens with zero attached hydrogens (tertiary/aromatic N) is 1. The van der Waals surface area contributed by atoms with Crippen molar-refractivity contribution in [3.05, 3.63) is 34.9 Å². The molecule has 1 amide bonds. The number of aryl methyl sites for hydroxylation is 1. The molecule has 0 bridgehead atoms. The number of nitrogens with one attached hydrogen (secondary N) is 2. The zero-order valence-corrected chi connectivity index (χ0v) is 13.6. The molecule has 1 heterocycles. The van der Waals surface area contributed by atoms with Crippen LogP contribution in [0, 0.1) is 5.41 Å². The minimum atomic E-state index is -0.448. The normalized spacial score (nSPS) is 14.2. The van der Waals surface area contributed by atoms with Crippen LogP contribution in [0.3, 0.4) is 0 Å². The molecule has 0 saturated carbocycles. The second kappa shape index (κ2) is 9.08. The maximum Gasteiger partial charge on any atom is 0.248 e. The Morgan fingerprint density at radius 1 is 1.30 bits per heavy atom. The van der Waals surface area contributed by atoms with Gasteiger partial charge in [0.25, 0.3) is 0 Å². The van der Waals surface area contributed by atoms with Crippen LogP contribution in [0.1, 0.15) is 60.0 Å². The Bertz CT molecular complexity index is 580. The van der Waals surface area contributed by atoms with Gasteiger partial charge in [-0.3, -0.25) is 9.79 Å². The lowest BCUT2D eigenvalue weighted by Crippen LogP contribution is -2.26. The average molecular weight is 314 g/mol. The molecule has 1 aliphatic heterocycles. The predicted octanol–water partition coefficient (Wildman–Crippen LogP) is 2.67. The Kier molecular flexibility index (Phi) is 6.78. The Morgan fingerprint density at radius 3 is 2.87 bits per heavy atom. The van der Waals surface area contributed by atoms with Gasteiger partial charge < -0.3 is 16.5 Å². The fourth-order valence-electron chi connectivity index (χ4n) is 2.80. The quantitative estimate of drug-likeness (QED) is 0.508. The molecule has 1 aliphatic rings. The molecule has 5 heteroatoms. The third kappa shape index (κ3) is 5.51. The van der Waals surface area contributed by atoms with Crippen LogP contribution in [0.15, 0.2) is 23.2 Å². The average Bonchev–Trinajstić information content (AvgIpc) is 2.58. The Labute approximate surface area is 137 Å². The third-order valence-electron chi connectivity index (χ3n) is 4.16. The SMILES string of the molecule is N=Cc1cc(C(N)=O)ccc1CCCCCNC1=NCCCC1. The summed E-state index contributed by atoms with van der Waals surface area (Å²) in [7, 11) is 0. The van der Waals surface area contributed by atoms with Crippen LogP contribution < -0.4 is 11.1 Å². The molecule has 0 spiro atoms. The van der Waals surface area contributed by atoms with Gasteiger partial charge in [0.05, 0.1) is 5.84 Å². The molecule has 23 heavy (non-hydrogen) atoms. The van der Waals surface area contributed by atoms with Crippen molar-refractivity contribution in [2.45, 2.75) is 44.9 Å². The maximum absolute atomic E-state index is 11.2. The molecule has 0 atom stereocenters. The van der Waals surface area contributed by atoms with Crippen LogP contribution in [0.25, 0.3) is 0 Å². The van der Waals surface area contributed by atoms with E-state index < -0.39 is 5.91 Å². The van der Waals surface area contributed by atoms with Gasteiger partial charge in [-0.05, 0) is 55.4 Å². The van der Waals surface area contributed by atoms with E-state index in [4.69, 9.17) is 11.1 Å². The molecule has 5 nitrogen and oxygen atoms in total. The van der Waals surface area contributed by atoms with Crippen LogP contribution in [-0.4, -0.2) is 31.0 Å². The Morgan fingerprint density at radius 2 is 2.17 bits per heavy atom. The van der Waals surface area contributed by atoms with E-state index in [0.717, 1.165) is 56.3 Å². The molecule has 1 aromatic carbocycles. The van der Waals surface area contributed by atoms with Crippen LogP contribution in [0.2, 0.25) is 0 Å². The highest BCUT2D eigenvalue weighted by Crippen LogP contribution is 2.14. The summed E-state index contributed by atoms with van der Waals surface area (Å²) in [5, 5.41) is 10.9. The third-order valence-corrected chi connectivity index (χ3v) is 4.16. The van der Waals surface area contributed by atoms with E-state index in [1.54, 1.807) is 12.1 Å². The van der Waals surface area contributed by atoms with Crippen molar-refractivity contribution in [3.63, 3.8) is 0 Å². The van der Waals surface area contributed by atoms with E-state index >= 15 is 0 Å². The van der Waals surface area contributed by atoms with Crippen LogP contribution in [0.5, 0.6) is 0 Å². The molecule has 124 valence electrons. The van der Waals surface area contributed by atoms with Crippen molar-refractivity contribution < 1.29 is 4.79 Å². The van der Waals surface area contributed by atoms with E-state index in [1.807, 2.05) is 6.07 Å². The van der Waals surface area contributed by atoms with Crippen molar-refractivity contribution >= 4 is 18.0 Å². The summed E-state index contributed by atoms with van der Waals surface area (Å²) in [6.45, 7) is 1.95. The van der Waals surface area contributed by atoms with E-state index in [0.29, 0.717) is 5.56 Å². The molecular formula is C18H26N4O. The van der Waals surface area contributed by atoms with Gasteiger partial charge in [0.15, 0.2) is 0 Å². The fourth-order valence-corrected chi connectivity index (χ4v) is 2.80. The molecule has 0 radical (unpaired) electrons. The molecule has 0 fully saturated rings. The fraction of sp³-hybridized carbons (Fsp3) is 0.500. The number of amidine groups is 1. The monoisotopic (exact) mass is 314 g/mol. The number of rotatable bonds is 8. The number of carbonyl (C=O) groups excluding carboxylic acids is 1. The highest BCUT2D eigenvalue weighted by atomic mass is 16.1. The highest BCUT2D eigenvalue weighted by molar-refractivity contribution is 5.95. The zero-order chi connectivity index (χ0) is 16.5. The van der Waals surface area contributed by atoms with Crippen LogP contribution >= 0.6 is 0 Å². The van der Waals surface area contributed by atoms with Gasteiger partial charge in [-0.15, -0.1) is 0 Å². The van der Waals surface area contributed by atoms with Crippen molar-refractivity contribution in [1.29, 1.82) is 5.41 Å². The lowest BCUT2D eigenvalue weighted by Gasteiger charge is -2.13. The number of amides is 1. The number of benzene rings is 1. The van der Waals surface area contributed by atoms with Gasteiger partial charge in [-0.2, -0.15) is 0 Å². The van der Waals surface area contributed by atoms with Gasteiger partial charge in [0.2, 0.25) is 5.91 Å². The van der Waals surface area contributed by atoms with E-state index in [1.165, 1.54) is 24.9 Å². The summed E-state index contributed by atoms with van der Waals surface area (Å²) in [5.74, 6) is 0.723. The molecule has 0 aromatic heterocycles. The highest BCUT2D eigenvalue weighted by Gasteiger charge is 2.06. The summed E-state index contributed by atoms with van der Waals surface area (Å²) >= 11 is 0. The van der Waals surface area contributed by atoms with Gasteiger partial charge in [0, 0.05) is 31.3 Å². The van der Waals surface area contributed by atoms with Gasteiger partial charge >= 0.3 is 0 Å². The Balaban J connectivity index is 1.70. The van der Waals surface area contributed by atoms with E-state index in [-0.39, 0.29) is 0 Å². The topological polar surface area (TPSA) is 91.3 Å². The zero-order valence-electron chi connectivity index (χ0n) is 13.6. The molecule has 2 rings (SSSR count). The summed E-state index contributed by atoms with van der Waals surface area (Å²) in [6, 6.07) is 5.36. The molecule has 0 saturated heterocycles. The summed E-state index contributed by atoms with van der Waals surface area (Å²) in [4.78, 5) is 15.7. The first-order chi connectivity index (χ1) is 11.2. The van der Waals surface area contributed by atoms with Gasteiger partial charge in [0.1, 0.15) is 0 Å². The first-order valence-electron chi connectivity index (χ1n) is 8.41. The maximum atomic E-state index is 11.2. The minimum absolute atomic E-state index is 0.448. The molecule has 0 aliphatic carbocycles. The summed E-state index contributed by atoms with van der Waals surface area (Å²) in [6.07, 6.45) is 9.11. The van der Waals surface area contributed by atoms with Crippen LogP contribution in [0.4, 0.5) is 0 Å². The number of primary amides is 1. The number of carbonyl (C=O) groups is 1. The largest absolute Gasteiger partial charge is 0.374 e. The second-order valence-electron chi connectivity index (χ2n) is 5.95. The lowest BCUT2D eigenvalue weighted by atomic mass is 9.99. The molecule has 4 N–H and O–H groups in total. The van der Waals surface area contributed by atoms with E-state index in [9.17, 15) is 4.79 Å². The summed E-state index contributed by atoms with van der Waals surface area (Å²) in [5.41, 5.74) is 7.63. The van der Waals surface area contributed by atoms with Crippen molar-refractivity contribution in [3.8, 4) is 0 Å². The first-order valence-corrected chi connectivity index (χ1v) is 8.41. The first kappa shape index (κ1) is 17.2. The number of nitrogens with two attached hydrogens (primary N) is 1. The predicted molar refractivity (Wildman–Crippen MR) is 94.6 cm³/mol. The minimum Gasteiger partial charge on any atom is -0.374 e.